The molecule has 2 rings (SSSR count). The molecule has 82 valence electrons. The van der Waals surface area contributed by atoms with Gasteiger partial charge in [-0.15, -0.1) is 0 Å². The van der Waals surface area contributed by atoms with Crippen LogP contribution in [0.2, 0.25) is 0 Å². The first-order valence-corrected chi connectivity index (χ1v) is 5.22. The fourth-order valence-corrected chi connectivity index (χ4v) is 1.26. The lowest BCUT2D eigenvalue weighted by atomic mass is 10.2. The summed E-state index contributed by atoms with van der Waals surface area (Å²) in [4.78, 5) is 0. The van der Waals surface area contributed by atoms with E-state index in [0.29, 0.717) is 0 Å². The van der Waals surface area contributed by atoms with Crippen LogP contribution < -0.4 is 5.73 Å². The lowest BCUT2D eigenvalue weighted by Crippen LogP contribution is -1.82. The van der Waals surface area contributed by atoms with E-state index in [9.17, 15) is 0 Å². The average molecular weight is 211 g/mol. The number of hydrogen-bond donors (Lipinski definition) is 1. The quantitative estimate of drug-likeness (QED) is 0.711. The number of hydrogen-bond acceptors (Lipinski definition) is 1. The fraction of sp³-hybridized carbons (Fsp3) is 0.0667. The van der Waals surface area contributed by atoms with Gasteiger partial charge in [0.25, 0.3) is 0 Å². The molecule has 0 unspecified atom stereocenters. The molecular formula is C15H17N. The first-order chi connectivity index (χ1) is 7.72. The van der Waals surface area contributed by atoms with Gasteiger partial charge in [-0.05, 0) is 30.2 Å². The van der Waals surface area contributed by atoms with Gasteiger partial charge in [-0.1, -0.05) is 55.1 Å². The van der Waals surface area contributed by atoms with Crippen molar-refractivity contribution in [2.24, 2.45) is 0 Å². The van der Waals surface area contributed by atoms with Gasteiger partial charge in [0.05, 0.1) is 0 Å². The highest BCUT2D eigenvalue weighted by Crippen LogP contribution is 2.03. The maximum absolute atomic E-state index is 5.46. The van der Waals surface area contributed by atoms with Crippen molar-refractivity contribution in [1.29, 1.82) is 0 Å². The molecule has 2 aromatic carbocycles. The van der Waals surface area contributed by atoms with Crippen LogP contribution >= 0.6 is 0 Å². The van der Waals surface area contributed by atoms with Crippen LogP contribution in [-0.2, 0) is 0 Å². The largest absolute Gasteiger partial charge is 0.399 e. The van der Waals surface area contributed by atoms with E-state index < -0.39 is 0 Å². The van der Waals surface area contributed by atoms with Gasteiger partial charge in [-0.25, -0.2) is 0 Å². The highest BCUT2D eigenvalue weighted by atomic mass is 14.5. The van der Waals surface area contributed by atoms with E-state index in [4.69, 9.17) is 5.73 Å². The number of aryl methyl sites for hydroxylation is 1. The molecule has 0 spiro atoms. The predicted molar refractivity (Wildman–Crippen MR) is 72.1 cm³/mol. The van der Waals surface area contributed by atoms with Crippen molar-refractivity contribution >= 4 is 11.8 Å². The fourth-order valence-electron chi connectivity index (χ4n) is 1.26. The molecule has 0 fully saturated rings. The van der Waals surface area contributed by atoms with Gasteiger partial charge >= 0.3 is 0 Å². The highest BCUT2D eigenvalue weighted by Gasteiger charge is 1.81. The van der Waals surface area contributed by atoms with Gasteiger partial charge in [-0.3, -0.25) is 0 Å². The van der Waals surface area contributed by atoms with Gasteiger partial charge in [0.1, 0.15) is 0 Å². The van der Waals surface area contributed by atoms with Crippen molar-refractivity contribution in [3.8, 4) is 0 Å². The standard InChI is InChI=1S/C8H8.C7H9N/c1-2-8-6-4-3-5-7-8;1-6-3-2-4-7(8)5-6/h2-7H,1H2;2-5H,8H2,1H3. The molecule has 1 nitrogen and oxygen atoms in total. The summed E-state index contributed by atoms with van der Waals surface area (Å²) in [5, 5.41) is 0. The molecule has 0 aromatic heterocycles. The summed E-state index contributed by atoms with van der Waals surface area (Å²) in [5.74, 6) is 0. The Labute approximate surface area is 97.2 Å². The Morgan fingerprint density at radius 1 is 1.00 bits per heavy atom. The number of nitrogens with two attached hydrogens (primary N) is 1. The van der Waals surface area contributed by atoms with Crippen molar-refractivity contribution in [3.63, 3.8) is 0 Å². The summed E-state index contributed by atoms with van der Waals surface area (Å²) in [6.07, 6.45) is 1.83. The predicted octanol–water partition coefficient (Wildman–Crippen LogP) is 3.91. The minimum absolute atomic E-state index is 0.838. The molecule has 2 N–H and O–H groups in total. The number of benzene rings is 2. The Morgan fingerprint density at radius 2 is 1.69 bits per heavy atom. The maximum Gasteiger partial charge on any atom is 0.0316 e. The topological polar surface area (TPSA) is 26.0 Å². The average Bonchev–Trinajstić information content (AvgIpc) is 2.31. The Balaban J connectivity index is 0.000000160. The van der Waals surface area contributed by atoms with Crippen LogP contribution in [0.3, 0.4) is 0 Å². The molecule has 0 amide bonds. The molecule has 0 radical (unpaired) electrons. The van der Waals surface area contributed by atoms with Crippen molar-refractivity contribution in [3.05, 3.63) is 72.3 Å². The molecule has 0 saturated carbocycles. The zero-order chi connectivity index (χ0) is 11.8. The minimum Gasteiger partial charge on any atom is -0.399 e. The van der Waals surface area contributed by atoms with Crippen LogP contribution in [0.1, 0.15) is 11.1 Å². The molecule has 16 heavy (non-hydrogen) atoms. The molecule has 0 saturated heterocycles. The van der Waals surface area contributed by atoms with Gasteiger partial charge < -0.3 is 5.73 Å². The summed E-state index contributed by atoms with van der Waals surface area (Å²) >= 11 is 0. The third-order valence-corrected chi connectivity index (χ3v) is 2.08. The zero-order valence-electron chi connectivity index (χ0n) is 9.56. The lowest BCUT2D eigenvalue weighted by molar-refractivity contribution is 1.47. The van der Waals surface area contributed by atoms with E-state index in [-0.39, 0.29) is 0 Å². The second kappa shape index (κ2) is 6.46. The van der Waals surface area contributed by atoms with Crippen molar-refractivity contribution < 1.29 is 0 Å². The first kappa shape index (κ1) is 12.1. The molecule has 0 aliphatic rings. The highest BCUT2D eigenvalue weighted by molar-refractivity contribution is 5.45. The Kier molecular flexibility index (Phi) is 4.87. The monoisotopic (exact) mass is 211 g/mol. The van der Waals surface area contributed by atoms with Crippen molar-refractivity contribution in [2.45, 2.75) is 6.92 Å². The van der Waals surface area contributed by atoms with E-state index in [1.54, 1.807) is 0 Å². The normalized spacial score (nSPS) is 8.81. The van der Waals surface area contributed by atoms with Gasteiger partial charge in [-0.2, -0.15) is 0 Å². The van der Waals surface area contributed by atoms with Gasteiger partial charge in [0.2, 0.25) is 0 Å². The van der Waals surface area contributed by atoms with Crippen LogP contribution in [0.4, 0.5) is 5.69 Å². The van der Waals surface area contributed by atoms with Crippen LogP contribution in [-0.4, -0.2) is 0 Å². The minimum atomic E-state index is 0.838. The maximum atomic E-state index is 5.46. The summed E-state index contributed by atoms with van der Waals surface area (Å²) in [6, 6.07) is 17.8. The molecule has 0 heterocycles. The molecule has 0 aliphatic heterocycles. The van der Waals surface area contributed by atoms with Crippen molar-refractivity contribution in [1.82, 2.24) is 0 Å². The van der Waals surface area contributed by atoms with Crippen LogP contribution in [0.5, 0.6) is 0 Å². The SMILES string of the molecule is C=Cc1ccccc1.Cc1cccc(N)c1. The summed E-state index contributed by atoms with van der Waals surface area (Å²) in [6.45, 7) is 5.66. The molecule has 2 aromatic rings. The molecular weight excluding hydrogens is 194 g/mol. The van der Waals surface area contributed by atoms with E-state index >= 15 is 0 Å². The van der Waals surface area contributed by atoms with Gasteiger partial charge in [0.15, 0.2) is 0 Å². The molecule has 0 aliphatic carbocycles. The van der Waals surface area contributed by atoms with E-state index in [1.165, 1.54) is 11.1 Å². The third kappa shape index (κ3) is 4.47. The summed E-state index contributed by atoms with van der Waals surface area (Å²) in [7, 11) is 0. The summed E-state index contributed by atoms with van der Waals surface area (Å²) < 4.78 is 0. The zero-order valence-corrected chi connectivity index (χ0v) is 9.56. The van der Waals surface area contributed by atoms with E-state index in [1.807, 2.05) is 67.6 Å². The third-order valence-electron chi connectivity index (χ3n) is 2.08. The lowest BCUT2D eigenvalue weighted by Gasteiger charge is -1.91. The van der Waals surface area contributed by atoms with Crippen LogP contribution in [0, 0.1) is 6.92 Å². The Bertz CT molecular complexity index is 415. The molecule has 1 heteroatoms. The van der Waals surface area contributed by atoms with E-state index in [2.05, 4.69) is 6.58 Å². The smallest absolute Gasteiger partial charge is 0.0316 e. The van der Waals surface area contributed by atoms with E-state index in [0.717, 1.165) is 5.69 Å². The van der Waals surface area contributed by atoms with Crippen LogP contribution in [0.25, 0.3) is 6.08 Å². The number of rotatable bonds is 1. The molecule has 0 bridgehead atoms. The number of nitrogen functional groups attached to an aromatic ring is 1. The van der Waals surface area contributed by atoms with Gasteiger partial charge in [0, 0.05) is 5.69 Å². The first-order valence-electron chi connectivity index (χ1n) is 5.22. The molecule has 0 atom stereocenters. The summed E-state index contributed by atoms with van der Waals surface area (Å²) in [5.41, 5.74) is 8.68. The second-order valence-electron chi connectivity index (χ2n) is 3.53. The number of anilines is 1. The Hall–Kier alpha value is -2.02. The van der Waals surface area contributed by atoms with Crippen molar-refractivity contribution in [2.75, 3.05) is 5.73 Å². The second-order valence-corrected chi connectivity index (χ2v) is 3.53. The van der Waals surface area contributed by atoms with Crippen LogP contribution in [0.15, 0.2) is 61.2 Å². The Morgan fingerprint density at radius 3 is 2.06 bits per heavy atom.